The molecule has 0 spiro atoms. The Morgan fingerprint density at radius 3 is 2.72 bits per heavy atom. The Hall–Kier alpha value is -2.32. The number of furan rings is 1. The van der Waals surface area contributed by atoms with Gasteiger partial charge in [-0.05, 0) is 12.1 Å². The van der Waals surface area contributed by atoms with Gasteiger partial charge in [-0.15, -0.1) is 5.10 Å². The highest BCUT2D eigenvalue weighted by atomic mass is 19.4. The first-order valence-corrected chi connectivity index (χ1v) is 4.66. The first-order chi connectivity index (χ1) is 8.39. The lowest BCUT2D eigenvalue weighted by Gasteiger charge is -2.08. The average molecular weight is 261 g/mol. The summed E-state index contributed by atoms with van der Waals surface area (Å²) in [5, 5.41) is 14.8. The Kier molecular flexibility index (Phi) is 2.81. The number of alkyl halides is 3. The number of carboxylic acid groups (broad SMARTS) is 1. The van der Waals surface area contributed by atoms with Crippen LogP contribution in [0.25, 0.3) is 0 Å². The zero-order valence-corrected chi connectivity index (χ0v) is 8.68. The van der Waals surface area contributed by atoms with E-state index >= 15 is 0 Å². The second-order valence-corrected chi connectivity index (χ2v) is 3.33. The van der Waals surface area contributed by atoms with Crippen molar-refractivity contribution in [3.05, 3.63) is 35.5 Å². The summed E-state index contributed by atoms with van der Waals surface area (Å²) in [6.07, 6.45) is -3.57. The van der Waals surface area contributed by atoms with E-state index in [-0.39, 0.29) is 12.3 Å². The summed E-state index contributed by atoms with van der Waals surface area (Å²) in [6, 6.07) is 2.94. The second kappa shape index (κ2) is 4.17. The highest BCUT2D eigenvalue weighted by Gasteiger charge is 2.41. The number of aromatic nitrogens is 3. The minimum Gasteiger partial charge on any atom is -0.476 e. The Morgan fingerprint density at radius 1 is 1.50 bits per heavy atom. The molecule has 0 fully saturated rings. The van der Waals surface area contributed by atoms with Crippen molar-refractivity contribution in [3.8, 4) is 0 Å². The maximum atomic E-state index is 12.7. The normalized spacial score (nSPS) is 11.7. The van der Waals surface area contributed by atoms with Gasteiger partial charge in [-0.1, -0.05) is 5.21 Å². The molecule has 2 heterocycles. The monoisotopic (exact) mass is 261 g/mol. The average Bonchev–Trinajstić information content (AvgIpc) is 2.85. The Labute approximate surface area is 97.6 Å². The van der Waals surface area contributed by atoms with Crippen molar-refractivity contribution in [1.82, 2.24) is 15.0 Å². The molecule has 0 aliphatic carbocycles. The molecule has 0 unspecified atom stereocenters. The summed E-state index contributed by atoms with van der Waals surface area (Å²) in [4.78, 5) is 10.6. The highest BCUT2D eigenvalue weighted by molar-refractivity contribution is 5.86. The Morgan fingerprint density at radius 2 is 2.22 bits per heavy atom. The Bertz CT molecular complexity index is 559. The van der Waals surface area contributed by atoms with Gasteiger partial charge >= 0.3 is 12.1 Å². The third kappa shape index (κ3) is 2.19. The van der Waals surface area contributed by atoms with Gasteiger partial charge in [-0.2, -0.15) is 13.2 Å². The molecule has 0 bridgehead atoms. The van der Waals surface area contributed by atoms with Gasteiger partial charge in [0.15, 0.2) is 5.69 Å². The standard InChI is InChI=1S/C9H6F3N3O3/c10-9(11,12)7-6(8(16)17)13-14-15(7)4-5-2-1-3-18-5/h1-3H,4H2,(H,16,17). The lowest BCUT2D eigenvalue weighted by molar-refractivity contribution is -0.144. The largest absolute Gasteiger partial charge is 0.476 e. The van der Waals surface area contributed by atoms with Crippen LogP contribution in [0.15, 0.2) is 22.8 Å². The lowest BCUT2D eigenvalue weighted by atomic mass is 10.3. The molecular weight excluding hydrogens is 255 g/mol. The molecule has 2 aromatic heterocycles. The predicted molar refractivity (Wildman–Crippen MR) is 49.8 cm³/mol. The molecule has 2 aromatic rings. The highest BCUT2D eigenvalue weighted by Crippen LogP contribution is 2.31. The predicted octanol–water partition coefficient (Wildman–Crippen LogP) is 1.64. The molecule has 0 aliphatic rings. The third-order valence-electron chi connectivity index (χ3n) is 2.09. The van der Waals surface area contributed by atoms with Gasteiger partial charge in [-0.3, -0.25) is 0 Å². The summed E-state index contributed by atoms with van der Waals surface area (Å²) >= 11 is 0. The molecule has 6 nitrogen and oxygen atoms in total. The summed E-state index contributed by atoms with van der Waals surface area (Å²) < 4.78 is 43.5. The van der Waals surface area contributed by atoms with Gasteiger partial charge in [-0.25, -0.2) is 9.48 Å². The van der Waals surface area contributed by atoms with E-state index in [9.17, 15) is 18.0 Å². The fourth-order valence-electron chi connectivity index (χ4n) is 1.40. The maximum absolute atomic E-state index is 12.7. The molecule has 1 N–H and O–H groups in total. The number of halogens is 3. The van der Waals surface area contributed by atoms with Crippen LogP contribution < -0.4 is 0 Å². The molecule has 96 valence electrons. The fraction of sp³-hybridized carbons (Fsp3) is 0.222. The zero-order chi connectivity index (χ0) is 13.3. The Balaban J connectivity index is 2.45. The quantitative estimate of drug-likeness (QED) is 0.908. The van der Waals surface area contributed by atoms with Crippen molar-refractivity contribution in [2.24, 2.45) is 0 Å². The van der Waals surface area contributed by atoms with E-state index < -0.39 is 23.5 Å². The maximum Gasteiger partial charge on any atom is 0.435 e. The van der Waals surface area contributed by atoms with E-state index in [0.29, 0.717) is 4.68 Å². The smallest absolute Gasteiger partial charge is 0.435 e. The van der Waals surface area contributed by atoms with E-state index in [2.05, 4.69) is 10.3 Å². The molecule has 0 saturated carbocycles. The molecular formula is C9H6F3N3O3. The number of nitrogens with zero attached hydrogens (tertiary/aromatic N) is 3. The van der Waals surface area contributed by atoms with Crippen LogP contribution in [0, 0.1) is 0 Å². The summed E-state index contributed by atoms with van der Waals surface area (Å²) in [5.74, 6) is -1.57. The van der Waals surface area contributed by atoms with Crippen molar-refractivity contribution in [1.29, 1.82) is 0 Å². The van der Waals surface area contributed by atoms with E-state index in [0.717, 1.165) is 0 Å². The van der Waals surface area contributed by atoms with Gasteiger partial charge in [0.25, 0.3) is 0 Å². The number of hydrogen-bond acceptors (Lipinski definition) is 4. The van der Waals surface area contributed by atoms with Gasteiger partial charge in [0.1, 0.15) is 12.3 Å². The number of carboxylic acids is 1. The lowest BCUT2D eigenvalue weighted by Crippen LogP contribution is -2.18. The third-order valence-corrected chi connectivity index (χ3v) is 2.09. The van der Waals surface area contributed by atoms with Crippen molar-refractivity contribution in [2.75, 3.05) is 0 Å². The minimum absolute atomic E-state index is 0.210. The molecule has 18 heavy (non-hydrogen) atoms. The van der Waals surface area contributed by atoms with E-state index in [4.69, 9.17) is 9.52 Å². The number of hydrogen-bond donors (Lipinski definition) is 1. The number of carbonyl (C=O) groups is 1. The molecule has 0 atom stereocenters. The van der Waals surface area contributed by atoms with Gasteiger partial charge in [0.2, 0.25) is 5.69 Å². The summed E-state index contributed by atoms with van der Waals surface area (Å²) in [7, 11) is 0. The molecule has 0 saturated heterocycles. The number of rotatable bonds is 3. The molecule has 0 amide bonds. The van der Waals surface area contributed by atoms with Crippen LogP contribution in [0.2, 0.25) is 0 Å². The van der Waals surface area contributed by atoms with Crippen LogP contribution in [0.3, 0.4) is 0 Å². The van der Waals surface area contributed by atoms with Crippen molar-refractivity contribution < 1.29 is 27.5 Å². The van der Waals surface area contributed by atoms with Crippen LogP contribution >= 0.6 is 0 Å². The van der Waals surface area contributed by atoms with Crippen LogP contribution in [-0.2, 0) is 12.7 Å². The molecule has 9 heteroatoms. The molecule has 0 aromatic carbocycles. The number of aromatic carboxylic acids is 1. The first-order valence-electron chi connectivity index (χ1n) is 4.66. The van der Waals surface area contributed by atoms with Crippen LogP contribution in [0.5, 0.6) is 0 Å². The summed E-state index contributed by atoms with van der Waals surface area (Å²) in [5.41, 5.74) is -2.54. The first kappa shape index (κ1) is 12.1. The second-order valence-electron chi connectivity index (χ2n) is 3.33. The zero-order valence-electron chi connectivity index (χ0n) is 8.68. The topological polar surface area (TPSA) is 81.1 Å². The molecule has 2 rings (SSSR count). The van der Waals surface area contributed by atoms with Crippen LogP contribution in [0.1, 0.15) is 21.9 Å². The van der Waals surface area contributed by atoms with Gasteiger partial charge in [0.05, 0.1) is 6.26 Å². The van der Waals surface area contributed by atoms with Gasteiger partial charge in [0, 0.05) is 0 Å². The van der Waals surface area contributed by atoms with Crippen LogP contribution in [0.4, 0.5) is 13.2 Å². The minimum atomic E-state index is -4.86. The van der Waals surface area contributed by atoms with Crippen molar-refractivity contribution in [2.45, 2.75) is 12.7 Å². The fourth-order valence-corrected chi connectivity index (χ4v) is 1.40. The van der Waals surface area contributed by atoms with E-state index in [1.54, 1.807) is 0 Å². The van der Waals surface area contributed by atoms with E-state index in [1.165, 1.54) is 18.4 Å². The van der Waals surface area contributed by atoms with Gasteiger partial charge < -0.3 is 9.52 Å². The van der Waals surface area contributed by atoms with Crippen LogP contribution in [-0.4, -0.2) is 26.1 Å². The molecule has 0 radical (unpaired) electrons. The molecule has 0 aliphatic heterocycles. The van der Waals surface area contributed by atoms with Crippen molar-refractivity contribution >= 4 is 5.97 Å². The summed E-state index contributed by atoms with van der Waals surface area (Å²) in [6.45, 7) is -0.345. The SMILES string of the molecule is O=C(O)c1nnn(Cc2ccco2)c1C(F)(F)F. The van der Waals surface area contributed by atoms with E-state index in [1.807, 2.05) is 0 Å². The van der Waals surface area contributed by atoms with Crippen molar-refractivity contribution in [3.63, 3.8) is 0 Å².